The quantitative estimate of drug-likeness (QED) is 0.904. The highest BCUT2D eigenvalue weighted by atomic mass is 16.6. The minimum Gasteiger partial charge on any atom is -0.486 e. The van der Waals surface area contributed by atoms with Gasteiger partial charge < -0.3 is 14.6 Å². The van der Waals surface area contributed by atoms with Gasteiger partial charge in [-0.1, -0.05) is 12.1 Å². The number of para-hydroxylation sites is 2. The highest BCUT2D eigenvalue weighted by molar-refractivity contribution is 5.90. The molecule has 1 aromatic rings. The van der Waals surface area contributed by atoms with Crippen molar-refractivity contribution in [1.29, 1.82) is 0 Å². The second-order valence-corrected chi connectivity index (χ2v) is 5.81. The van der Waals surface area contributed by atoms with Crippen LogP contribution in [-0.4, -0.2) is 36.1 Å². The maximum Gasteiger partial charge on any atom is 0.415 e. The Bertz CT molecular complexity index is 481. The first-order chi connectivity index (χ1) is 9.40. The van der Waals surface area contributed by atoms with Gasteiger partial charge in [-0.2, -0.15) is 0 Å². The summed E-state index contributed by atoms with van der Waals surface area (Å²) in [5, 5.41) is 9.06. The number of nitrogens with zero attached hydrogens (tertiary/aromatic N) is 1. The number of ether oxygens (including phenoxy) is 2. The van der Waals surface area contributed by atoms with E-state index in [0.717, 1.165) is 0 Å². The van der Waals surface area contributed by atoms with Gasteiger partial charge in [-0.25, -0.2) is 4.79 Å². The molecule has 0 aliphatic carbocycles. The van der Waals surface area contributed by atoms with Crippen molar-refractivity contribution < 1.29 is 19.4 Å². The van der Waals surface area contributed by atoms with Crippen LogP contribution in [0.25, 0.3) is 0 Å². The van der Waals surface area contributed by atoms with Crippen LogP contribution >= 0.6 is 0 Å². The molecule has 0 radical (unpaired) electrons. The van der Waals surface area contributed by atoms with Gasteiger partial charge in [0.2, 0.25) is 0 Å². The van der Waals surface area contributed by atoms with E-state index in [9.17, 15) is 4.79 Å². The topological polar surface area (TPSA) is 59.0 Å². The molecule has 2 rings (SSSR count). The van der Waals surface area contributed by atoms with E-state index >= 15 is 0 Å². The maximum atomic E-state index is 12.3. The van der Waals surface area contributed by atoms with E-state index in [2.05, 4.69) is 0 Å². The molecule has 1 amide bonds. The zero-order valence-electron chi connectivity index (χ0n) is 12.1. The van der Waals surface area contributed by atoms with E-state index in [1.807, 2.05) is 45.0 Å². The fourth-order valence-electron chi connectivity index (χ4n) is 2.08. The lowest BCUT2D eigenvalue weighted by molar-refractivity contribution is 0.0538. The minimum atomic E-state index is -0.545. The summed E-state index contributed by atoms with van der Waals surface area (Å²) in [6.45, 7) is 5.91. The van der Waals surface area contributed by atoms with Crippen molar-refractivity contribution in [3.05, 3.63) is 24.3 Å². The summed E-state index contributed by atoms with van der Waals surface area (Å²) >= 11 is 0. The Kier molecular flexibility index (Phi) is 4.18. The summed E-state index contributed by atoms with van der Waals surface area (Å²) in [7, 11) is 0. The fourth-order valence-corrected chi connectivity index (χ4v) is 2.08. The van der Waals surface area contributed by atoms with E-state index in [4.69, 9.17) is 14.6 Å². The molecule has 0 aromatic heterocycles. The van der Waals surface area contributed by atoms with Crippen LogP contribution in [0.2, 0.25) is 0 Å². The van der Waals surface area contributed by atoms with E-state index < -0.39 is 11.7 Å². The molecule has 0 spiro atoms. The highest BCUT2D eigenvalue weighted by Crippen LogP contribution is 2.34. The number of aliphatic hydroxyl groups is 1. The second-order valence-electron chi connectivity index (χ2n) is 5.81. The van der Waals surface area contributed by atoms with Crippen LogP contribution in [0.4, 0.5) is 10.5 Å². The van der Waals surface area contributed by atoms with Gasteiger partial charge in [0.25, 0.3) is 0 Å². The molecule has 110 valence electrons. The van der Waals surface area contributed by atoms with Crippen molar-refractivity contribution in [3.63, 3.8) is 0 Å². The van der Waals surface area contributed by atoms with Crippen LogP contribution in [0.3, 0.4) is 0 Å². The molecule has 1 aromatic carbocycles. The zero-order valence-corrected chi connectivity index (χ0v) is 12.1. The lowest BCUT2D eigenvalue weighted by atomic mass is 10.1. The molecular formula is C15H21NO4. The first-order valence-electron chi connectivity index (χ1n) is 6.78. The predicted octanol–water partition coefficient (Wildman–Crippen LogP) is 2.57. The summed E-state index contributed by atoms with van der Waals surface area (Å²) < 4.78 is 11.2. The van der Waals surface area contributed by atoms with Crippen LogP contribution in [0.1, 0.15) is 27.2 Å². The van der Waals surface area contributed by atoms with Gasteiger partial charge in [-0.05, 0) is 32.9 Å². The van der Waals surface area contributed by atoms with Crippen LogP contribution < -0.4 is 9.64 Å². The molecule has 1 aliphatic heterocycles. The van der Waals surface area contributed by atoms with E-state index in [0.29, 0.717) is 24.4 Å². The number of carbonyl (C=O) groups excluding carboxylic acids is 1. The summed E-state index contributed by atoms with van der Waals surface area (Å²) in [4.78, 5) is 13.9. The van der Waals surface area contributed by atoms with Crippen molar-refractivity contribution in [3.8, 4) is 5.75 Å². The fraction of sp³-hybridized carbons (Fsp3) is 0.533. The first kappa shape index (κ1) is 14.7. The molecule has 0 saturated carbocycles. The molecule has 5 heteroatoms. The number of hydrogen-bond acceptors (Lipinski definition) is 4. The lowest BCUT2D eigenvalue weighted by Crippen LogP contribution is -2.46. The van der Waals surface area contributed by atoms with Gasteiger partial charge in [0.1, 0.15) is 17.5 Å². The van der Waals surface area contributed by atoms with E-state index in [-0.39, 0.29) is 12.7 Å². The molecule has 1 atom stereocenters. The average Bonchev–Trinajstić information content (AvgIpc) is 2.36. The van der Waals surface area contributed by atoms with Crippen LogP contribution in [0.5, 0.6) is 5.75 Å². The van der Waals surface area contributed by atoms with Gasteiger partial charge >= 0.3 is 6.09 Å². The van der Waals surface area contributed by atoms with Gasteiger partial charge in [0.15, 0.2) is 0 Å². The molecule has 5 nitrogen and oxygen atoms in total. The molecule has 0 fully saturated rings. The summed E-state index contributed by atoms with van der Waals surface area (Å²) in [6.07, 6.45) is -0.133. The van der Waals surface area contributed by atoms with Gasteiger partial charge in [-0.15, -0.1) is 0 Å². The van der Waals surface area contributed by atoms with Gasteiger partial charge in [0, 0.05) is 13.0 Å². The molecule has 1 unspecified atom stereocenters. The number of aliphatic hydroxyl groups excluding tert-OH is 1. The number of anilines is 1. The van der Waals surface area contributed by atoms with Crippen molar-refractivity contribution in [1.82, 2.24) is 0 Å². The Morgan fingerprint density at radius 3 is 2.80 bits per heavy atom. The monoisotopic (exact) mass is 279 g/mol. The van der Waals surface area contributed by atoms with Crippen LogP contribution in [0, 0.1) is 0 Å². The smallest absolute Gasteiger partial charge is 0.415 e. The lowest BCUT2D eigenvalue weighted by Gasteiger charge is -2.35. The summed E-state index contributed by atoms with van der Waals surface area (Å²) in [6, 6.07) is 7.35. The summed E-state index contributed by atoms with van der Waals surface area (Å²) in [5.74, 6) is 0.642. The largest absolute Gasteiger partial charge is 0.486 e. The highest BCUT2D eigenvalue weighted by Gasteiger charge is 2.32. The van der Waals surface area contributed by atoms with E-state index in [1.54, 1.807) is 4.90 Å². The van der Waals surface area contributed by atoms with Crippen LogP contribution in [-0.2, 0) is 4.74 Å². The third-order valence-electron chi connectivity index (χ3n) is 2.90. The van der Waals surface area contributed by atoms with E-state index in [1.165, 1.54) is 0 Å². The van der Waals surface area contributed by atoms with Gasteiger partial charge in [0.05, 0.1) is 12.2 Å². The normalized spacial score (nSPS) is 18.2. The number of fused-ring (bicyclic) bond motifs is 1. The number of amides is 1. The third-order valence-corrected chi connectivity index (χ3v) is 2.90. The SMILES string of the molecule is CC(C)(C)OC(=O)N1CC(CCO)Oc2ccccc21. The number of carbonyl (C=O) groups is 1. The molecule has 20 heavy (non-hydrogen) atoms. The minimum absolute atomic E-state index is 0.0228. The van der Waals surface area contributed by atoms with Crippen molar-refractivity contribution >= 4 is 11.8 Å². The third kappa shape index (κ3) is 3.42. The molecule has 0 saturated heterocycles. The van der Waals surface area contributed by atoms with Crippen molar-refractivity contribution in [2.45, 2.75) is 38.9 Å². The maximum absolute atomic E-state index is 12.3. The van der Waals surface area contributed by atoms with Crippen molar-refractivity contribution in [2.24, 2.45) is 0 Å². The molecule has 1 aliphatic rings. The molecule has 0 bridgehead atoms. The molecular weight excluding hydrogens is 258 g/mol. The standard InChI is InChI=1S/C15H21NO4/c1-15(2,3)20-14(18)16-10-11(8-9-17)19-13-7-5-4-6-12(13)16/h4-7,11,17H,8-10H2,1-3H3. The molecule has 1 N–H and O–H groups in total. The number of rotatable bonds is 2. The average molecular weight is 279 g/mol. The van der Waals surface area contributed by atoms with Crippen LogP contribution in [0.15, 0.2) is 24.3 Å². The Morgan fingerprint density at radius 2 is 2.15 bits per heavy atom. The number of hydrogen-bond donors (Lipinski definition) is 1. The Morgan fingerprint density at radius 1 is 1.45 bits per heavy atom. The Balaban J connectivity index is 2.24. The first-order valence-corrected chi connectivity index (χ1v) is 6.78. The molecule has 1 heterocycles. The summed E-state index contributed by atoms with van der Waals surface area (Å²) in [5.41, 5.74) is 0.160. The Hall–Kier alpha value is -1.75. The number of benzene rings is 1. The predicted molar refractivity (Wildman–Crippen MR) is 76.1 cm³/mol. The Labute approximate surface area is 119 Å². The second kappa shape index (κ2) is 5.71. The van der Waals surface area contributed by atoms with Gasteiger partial charge in [-0.3, -0.25) is 4.90 Å². The van der Waals surface area contributed by atoms with Crippen molar-refractivity contribution in [2.75, 3.05) is 18.1 Å². The zero-order chi connectivity index (χ0) is 14.8.